The number of alkyl halides is 8. The van der Waals surface area contributed by atoms with E-state index in [1.54, 1.807) is 0 Å². The van der Waals surface area contributed by atoms with Gasteiger partial charge in [0.2, 0.25) is 11.8 Å². The normalized spacial score (nSPS) is 18.6. The number of nitrogens with one attached hydrogen (secondary N) is 3. The van der Waals surface area contributed by atoms with Crippen LogP contribution in [0.25, 0.3) is 11.2 Å². The second-order valence-corrected chi connectivity index (χ2v) is 8.61. The number of fused-ring (bicyclic) bond motifs is 1. The van der Waals surface area contributed by atoms with Gasteiger partial charge < -0.3 is 20.4 Å². The van der Waals surface area contributed by atoms with Crippen LogP contribution in [-0.4, -0.2) is 51.1 Å². The molecule has 3 aromatic heterocycles. The number of ether oxygens (including phenoxy) is 1. The number of nitrogens with zero attached hydrogens (tertiary/aromatic N) is 3. The van der Waals surface area contributed by atoms with Crippen molar-refractivity contribution in [2.45, 2.75) is 50.5 Å². The maximum Gasteiger partial charge on any atom is 0.418 e. The van der Waals surface area contributed by atoms with Crippen molar-refractivity contribution in [3.05, 3.63) is 35.7 Å². The summed E-state index contributed by atoms with van der Waals surface area (Å²) in [4.78, 5) is 27.2. The van der Waals surface area contributed by atoms with Crippen molar-refractivity contribution in [3.63, 3.8) is 0 Å². The number of imidazole rings is 1. The summed E-state index contributed by atoms with van der Waals surface area (Å²) in [5.41, 5.74) is -1.86. The third kappa shape index (κ3) is 6.39. The molecule has 0 aliphatic heterocycles. The van der Waals surface area contributed by atoms with E-state index in [2.05, 4.69) is 30.6 Å². The first kappa shape index (κ1) is 27.3. The van der Waals surface area contributed by atoms with E-state index in [0.29, 0.717) is 0 Å². The molecule has 1 aliphatic carbocycles. The fraction of sp³-hybridized carbons (Fsp3) is 0.455. The molecule has 38 heavy (non-hydrogen) atoms. The van der Waals surface area contributed by atoms with Crippen molar-refractivity contribution in [2.75, 3.05) is 11.9 Å². The average Bonchev–Trinajstić information content (AvgIpc) is 3.22. The highest BCUT2D eigenvalue weighted by molar-refractivity contribution is 5.99. The summed E-state index contributed by atoms with van der Waals surface area (Å²) in [6.45, 7) is -1.12. The van der Waals surface area contributed by atoms with E-state index in [-0.39, 0.29) is 48.4 Å². The number of hydrogen-bond acceptors (Lipinski definition) is 6. The van der Waals surface area contributed by atoms with Crippen molar-refractivity contribution < 1.29 is 44.7 Å². The topological polar surface area (TPSA) is 105 Å². The molecule has 206 valence electrons. The molecular weight excluding hydrogens is 532 g/mol. The number of aromatic amines is 1. The van der Waals surface area contributed by atoms with E-state index in [4.69, 9.17) is 4.74 Å². The van der Waals surface area contributed by atoms with E-state index >= 15 is 0 Å². The predicted octanol–water partition coefficient (Wildman–Crippen LogP) is 5.61. The minimum Gasteiger partial charge on any atom is -0.471 e. The number of anilines is 2. The molecule has 0 radical (unpaired) electrons. The molecule has 1 amide bonds. The number of carbonyl (C=O) groups is 1. The van der Waals surface area contributed by atoms with Crippen LogP contribution in [0.3, 0.4) is 0 Å². The predicted molar refractivity (Wildman–Crippen MR) is 117 cm³/mol. The molecule has 4 rings (SSSR count). The van der Waals surface area contributed by atoms with Crippen molar-refractivity contribution in [1.82, 2.24) is 25.3 Å². The van der Waals surface area contributed by atoms with Crippen LogP contribution >= 0.6 is 0 Å². The van der Waals surface area contributed by atoms with Gasteiger partial charge in [0.05, 0.1) is 28.9 Å². The Labute approximate surface area is 209 Å². The van der Waals surface area contributed by atoms with E-state index in [1.165, 1.54) is 0 Å². The molecule has 1 aliphatic rings. The van der Waals surface area contributed by atoms with Crippen molar-refractivity contribution in [1.29, 1.82) is 0 Å². The first-order valence-electron chi connectivity index (χ1n) is 11.3. The summed E-state index contributed by atoms with van der Waals surface area (Å²) in [5.74, 6) is -3.02. The number of aromatic nitrogens is 4. The summed E-state index contributed by atoms with van der Waals surface area (Å²) in [6.07, 6.45) is -10.3. The molecular formula is C22H20F8N6O2. The van der Waals surface area contributed by atoms with Crippen molar-refractivity contribution in [2.24, 2.45) is 5.92 Å². The van der Waals surface area contributed by atoms with Crippen LogP contribution in [0.15, 0.2) is 24.5 Å². The zero-order chi connectivity index (χ0) is 27.7. The number of rotatable bonds is 7. The van der Waals surface area contributed by atoms with E-state index in [0.717, 1.165) is 24.5 Å². The zero-order valence-electron chi connectivity index (χ0n) is 19.3. The maximum absolute atomic E-state index is 13.3. The molecule has 0 bridgehead atoms. The molecule has 8 nitrogen and oxygen atoms in total. The van der Waals surface area contributed by atoms with E-state index in [1.807, 2.05) is 0 Å². The number of halogens is 8. The highest BCUT2D eigenvalue weighted by Crippen LogP contribution is 2.38. The lowest BCUT2D eigenvalue weighted by atomic mass is 9.85. The lowest BCUT2D eigenvalue weighted by Gasteiger charge is -2.30. The van der Waals surface area contributed by atoms with Gasteiger partial charge in [-0.1, -0.05) is 0 Å². The Balaban J connectivity index is 1.58. The van der Waals surface area contributed by atoms with Gasteiger partial charge in [0.15, 0.2) is 12.3 Å². The highest BCUT2D eigenvalue weighted by atomic mass is 19.4. The quantitative estimate of drug-likeness (QED) is 0.329. The first-order chi connectivity index (χ1) is 17.8. The van der Waals surface area contributed by atoms with Crippen LogP contribution < -0.4 is 15.4 Å². The second kappa shape index (κ2) is 10.6. The molecule has 0 aromatic carbocycles. The highest BCUT2D eigenvalue weighted by Gasteiger charge is 2.41. The SMILES string of the molecule is O=C(NC1CCC(C(F)(F)F)CC1)c1cc2[nH]c(Nc3cnccc3C(F)(F)F)nc2nc1OCC(F)F. The van der Waals surface area contributed by atoms with Gasteiger partial charge in [0.25, 0.3) is 12.3 Å². The van der Waals surface area contributed by atoms with Gasteiger partial charge in [-0.2, -0.15) is 36.3 Å². The summed E-state index contributed by atoms with van der Waals surface area (Å²) in [7, 11) is 0. The van der Waals surface area contributed by atoms with Gasteiger partial charge in [-0.25, -0.2) is 8.78 Å². The standard InChI is InChI=1S/C22H20F8N6O2/c23-16(24)9-38-19-12(18(37)32-11-3-1-10(2-4-11)21(25,26)27)7-14-17(35-19)36-20(33-14)34-15-8-31-6-5-13(15)22(28,29)30/h5-8,10-11,16H,1-4,9H2,(H,32,37)(H2,33,34,35,36). The molecule has 0 unspecified atom stereocenters. The van der Waals surface area contributed by atoms with Crippen molar-refractivity contribution >= 4 is 28.7 Å². The van der Waals surface area contributed by atoms with Gasteiger partial charge in [0, 0.05) is 12.2 Å². The number of hydrogen-bond donors (Lipinski definition) is 3. The van der Waals surface area contributed by atoms with Crippen molar-refractivity contribution in [3.8, 4) is 5.88 Å². The van der Waals surface area contributed by atoms with Gasteiger partial charge in [-0.05, 0) is 37.8 Å². The van der Waals surface area contributed by atoms with Crippen LogP contribution in [-0.2, 0) is 6.18 Å². The summed E-state index contributed by atoms with van der Waals surface area (Å²) >= 11 is 0. The molecule has 1 fully saturated rings. The van der Waals surface area contributed by atoms with E-state index in [9.17, 15) is 39.9 Å². The number of carbonyl (C=O) groups excluding carboxylic acids is 1. The summed E-state index contributed by atoms with van der Waals surface area (Å²) in [6, 6.07) is 1.32. The molecule has 3 N–H and O–H groups in total. The Hall–Kier alpha value is -3.72. The number of pyridine rings is 2. The van der Waals surface area contributed by atoms with Crippen LogP contribution in [0.1, 0.15) is 41.6 Å². The minimum atomic E-state index is -4.70. The van der Waals surface area contributed by atoms with Gasteiger partial charge >= 0.3 is 12.4 Å². The third-order valence-electron chi connectivity index (χ3n) is 5.93. The zero-order valence-corrected chi connectivity index (χ0v) is 19.3. The molecule has 0 saturated heterocycles. The van der Waals surface area contributed by atoms with Gasteiger partial charge in [0.1, 0.15) is 5.56 Å². The lowest BCUT2D eigenvalue weighted by molar-refractivity contribution is -0.182. The fourth-order valence-electron chi connectivity index (χ4n) is 4.10. The Kier molecular flexibility index (Phi) is 7.60. The maximum atomic E-state index is 13.3. The summed E-state index contributed by atoms with van der Waals surface area (Å²) < 4.78 is 109. The van der Waals surface area contributed by atoms with E-state index < -0.39 is 60.4 Å². The smallest absolute Gasteiger partial charge is 0.418 e. The Morgan fingerprint density at radius 2 is 1.82 bits per heavy atom. The third-order valence-corrected chi connectivity index (χ3v) is 5.93. The molecule has 3 aromatic rings. The Bertz CT molecular complexity index is 1290. The molecule has 0 atom stereocenters. The Morgan fingerprint density at radius 3 is 2.45 bits per heavy atom. The first-order valence-corrected chi connectivity index (χ1v) is 11.3. The molecule has 16 heteroatoms. The molecule has 3 heterocycles. The second-order valence-electron chi connectivity index (χ2n) is 8.61. The summed E-state index contributed by atoms with van der Waals surface area (Å²) in [5, 5.41) is 5.00. The fourth-order valence-corrected chi connectivity index (χ4v) is 4.10. The van der Waals surface area contributed by atoms with Crippen LogP contribution in [0.2, 0.25) is 0 Å². The molecule has 0 spiro atoms. The lowest BCUT2D eigenvalue weighted by Crippen LogP contribution is -2.40. The van der Waals surface area contributed by atoms with Crippen LogP contribution in [0.5, 0.6) is 5.88 Å². The molecule has 1 saturated carbocycles. The van der Waals surface area contributed by atoms with Crippen LogP contribution in [0, 0.1) is 5.92 Å². The Morgan fingerprint density at radius 1 is 1.11 bits per heavy atom. The minimum absolute atomic E-state index is 0.0558. The number of amides is 1. The number of H-pyrrole nitrogens is 1. The van der Waals surface area contributed by atoms with Crippen LogP contribution in [0.4, 0.5) is 46.8 Å². The van der Waals surface area contributed by atoms with Gasteiger partial charge in [-0.3, -0.25) is 9.78 Å². The monoisotopic (exact) mass is 552 g/mol. The average molecular weight is 552 g/mol. The van der Waals surface area contributed by atoms with Gasteiger partial charge in [-0.15, -0.1) is 0 Å². The largest absolute Gasteiger partial charge is 0.471 e.